The first-order chi connectivity index (χ1) is 17.8. The van der Waals surface area contributed by atoms with Gasteiger partial charge in [0.1, 0.15) is 0 Å². The Labute approximate surface area is 216 Å². The van der Waals surface area contributed by atoms with Crippen LogP contribution in [0, 0.1) is 11.8 Å². The Morgan fingerprint density at radius 2 is 1.59 bits per heavy atom. The highest BCUT2D eigenvalue weighted by atomic mass is 32.1. The predicted octanol–water partition coefficient (Wildman–Crippen LogP) is 6.21. The van der Waals surface area contributed by atoms with Crippen LogP contribution in [0.25, 0.3) is 0 Å². The summed E-state index contributed by atoms with van der Waals surface area (Å²) < 4.78 is 40.6. The molecule has 0 radical (unpaired) electrons. The van der Waals surface area contributed by atoms with Gasteiger partial charge in [-0.2, -0.15) is 13.2 Å². The molecule has 0 spiro atoms. The molecule has 186 valence electrons. The van der Waals surface area contributed by atoms with Gasteiger partial charge in [0.15, 0.2) is 6.04 Å². The van der Waals surface area contributed by atoms with Crippen LogP contribution in [0.3, 0.4) is 0 Å². The average Bonchev–Trinajstić information content (AvgIpc) is 3.44. The van der Waals surface area contributed by atoms with Crippen molar-refractivity contribution in [3.8, 4) is 11.8 Å². The monoisotopic (exact) mass is 518 g/mol. The summed E-state index contributed by atoms with van der Waals surface area (Å²) in [5, 5.41) is 4.55. The Balaban J connectivity index is 1.76. The number of benzene rings is 3. The second-order valence-corrected chi connectivity index (χ2v) is 8.94. The average molecular weight is 519 g/mol. The zero-order chi connectivity index (χ0) is 26.3. The van der Waals surface area contributed by atoms with Crippen molar-refractivity contribution < 1.29 is 22.8 Å². The summed E-state index contributed by atoms with van der Waals surface area (Å²) in [4.78, 5) is 28.5. The fourth-order valence-electron chi connectivity index (χ4n) is 3.63. The van der Waals surface area contributed by atoms with Crippen LogP contribution < -0.4 is 10.2 Å². The Bertz CT molecular complexity index is 1410. The highest BCUT2D eigenvalue weighted by Crippen LogP contribution is 2.35. The van der Waals surface area contributed by atoms with Crippen molar-refractivity contribution in [2.45, 2.75) is 18.8 Å². The number of rotatable bonds is 6. The normalized spacial score (nSPS) is 11.6. The molecule has 0 saturated carbocycles. The Morgan fingerprint density at radius 3 is 2.24 bits per heavy atom. The highest BCUT2D eigenvalue weighted by molar-refractivity contribution is 7.10. The molecule has 1 atom stereocenters. The molecular weight excluding hydrogens is 497 g/mol. The van der Waals surface area contributed by atoms with Gasteiger partial charge in [0.25, 0.3) is 0 Å². The number of carbonyl (C=O) groups excluding carboxylic acids is 2. The summed E-state index contributed by atoms with van der Waals surface area (Å²) in [6.07, 6.45) is -4.63. The van der Waals surface area contributed by atoms with E-state index in [1.54, 1.807) is 47.8 Å². The number of hydrogen-bond acceptors (Lipinski definition) is 3. The van der Waals surface area contributed by atoms with Gasteiger partial charge >= 0.3 is 12.1 Å². The summed E-state index contributed by atoms with van der Waals surface area (Å²) in [6, 6.07) is 24.4. The maximum absolute atomic E-state index is 13.5. The number of nitrogens with one attached hydrogen (secondary N) is 1. The first kappa shape index (κ1) is 25.7. The lowest BCUT2D eigenvalue weighted by Crippen LogP contribution is -2.43. The first-order valence-electron chi connectivity index (χ1n) is 11.3. The third kappa shape index (κ3) is 6.66. The SMILES string of the molecule is O=C(NCc1ccccc1)C(c1cccs1)N(C(=O)C#Cc1ccccc1)c1cccc(C(F)(F)F)c1. The summed E-state index contributed by atoms with van der Waals surface area (Å²) in [5.74, 6) is 3.90. The molecule has 0 fully saturated rings. The van der Waals surface area contributed by atoms with Crippen LogP contribution in [0.1, 0.15) is 27.6 Å². The van der Waals surface area contributed by atoms with Crippen molar-refractivity contribution in [1.82, 2.24) is 5.32 Å². The number of anilines is 1. The number of carbonyl (C=O) groups is 2. The molecule has 0 saturated heterocycles. The molecule has 1 heterocycles. The third-order valence-corrected chi connectivity index (χ3v) is 6.31. The number of amides is 2. The second-order valence-electron chi connectivity index (χ2n) is 7.96. The maximum atomic E-state index is 13.5. The van der Waals surface area contributed by atoms with Gasteiger partial charge in [0.05, 0.1) is 5.56 Å². The van der Waals surface area contributed by atoms with Crippen molar-refractivity contribution in [3.05, 3.63) is 124 Å². The standard InChI is InChI=1S/C29H21F3N2O2S/c30-29(31,32)23-13-7-14-24(19-23)34(26(35)17-16-21-9-3-1-4-10-21)27(25-15-8-18-37-25)28(36)33-20-22-11-5-2-6-12-22/h1-15,18-19,27H,20H2,(H,33,36). The first-order valence-corrected chi connectivity index (χ1v) is 12.1. The lowest BCUT2D eigenvalue weighted by atomic mass is 10.1. The van der Waals surface area contributed by atoms with E-state index < -0.39 is 29.6 Å². The molecule has 0 aliphatic heterocycles. The maximum Gasteiger partial charge on any atom is 0.416 e. The number of alkyl halides is 3. The lowest BCUT2D eigenvalue weighted by molar-refractivity contribution is -0.137. The largest absolute Gasteiger partial charge is 0.416 e. The van der Waals surface area contributed by atoms with Gasteiger partial charge < -0.3 is 5.32 Å². The highest BCUT2D eigenvalue weighted by Gasteiger charge is 2.35. The molecule has 37 heavy (non-hydrogen) atoms. The molecule has 0 aliphatic carbocycles. The fraction of sp³-hybridized carbons (Fsp3) is 0.103. The van der Waals surface area contributed by atoms with Crippen LogP contribution in [0.5, 0.6) is 0 Å². The van der Waals surface area contributed by atoms with E-state index in [1.807, 2.05) is 30.3 Å². The van der Waals surface area contributed by atoms with Crippen LogP contribution in [0.2, 0.25) is 0 Å². The van der Waals surface area contributed by atoms with Crippen molar-refractivity contribution in [1.29, 1.82) is 0 Å². The van der Waals surface area contributed by atoms with Crippen molar-refractivity contribution >= 4 is 28.8 Å². The second kappa shape index (κ2) is 11.6. The van der Waals surface area contributed by atoms with Crippen LogP contribution in [0.4, 0.5) is 18.9 Å². The van der Waals surface area contributed by atoms with Gasteiger partial charge in [-0.1, -0.05) is 66.6 Å². The van der Waals surface area contributed by atoms with Crippen LogP contribution in [-0.2, 0) is 22.3 Å². The Kier molecular flexibility index (Phi) is 8.06. The molecule has 8 heteroatoms. The van der Waals surface area contributed by atoms with Gasteiger partial charge in [-0.05, 0) is 47.3 Å². The molecule has 4 rings (SSSR count). The molecule has 4 aromatic rings. The zero-order valence-corrected chi connectivity index (χ0v) is 20.2. The smallest absolute Gasteiger partial charge is 0.350 e. The van der Waals surface area contributed by atoms with Crippen LogP contribution in [0.15, 0.2) is 102 Å². The van der Waals surface area contributed by atoms with Crippen LogP contribution in [-0.4, -0.2) is 11.8 Å². The van der Waals surface area contributed by atoms with Gasteiger partial charge in [-0.15, -0.1) is 11.3 Å². The lowest BCUT2D eigenvalue weighted by Gasteiger charge is -2.29. The number of thiophene rings is 1. The molecule has 1 aromatic heterocycles. The summed E-state index contributed by atoms with van der Waals surface area (Å²) in [7, 11) is 0. The number of nitrogens with zero attached hydrogens (tertiary/aromatic N) is 1. The van der Waals surface area contributed by atoms with Crippen molar-refractivity contribution in [2.24, 2.45) is 0 Å². The topological polar surface area (TPSA) is 49.4 Å². The van der Waals surface area contributed by atoms with E-state index in [-0.39, 0.29) is 12.2 Å². The minimum absolute atomic E-state index is 0.0875. The Hall–Kier alpha value is -4.35. The van der Waals surface area contributed by atoms with Gasteiger partial charge in [-0.25, -0.2) is 0 Å². The van der Waals surface area contributed by atoms with Gasteiger partial charge in [0, 0.05) is 28.6 Å². The van der Waals surface area contributed by atoms with E-state index in [1.165, 1.54) is 23.5 Å². The summed E-state index contributed by atoms with van der Waals surface area (Å²) in [6.45, 7) is 0.182. The molecule has 0 bridgehead atoms. The molecule has 2 amide bonds. The van der Waals surface area contributed by atoms with E-state index in [9.17, 15) is 22.8 Å². The quantitative estimate of drug-likeness (QED) is 0.309. The molecular formula is C29H21F3N2O2S. The Morgan fingerprint density at radius 1 is 0.892 bits per heavy atom. The van der Waals surface area contributed by atoms with Gasteiger partial charge in [0.2, 0.25) is 5.91 Å². The number of hydrogen-bond donors (Lipinski definition) is 1. The summed E-state index contributed by atoms with van der Waals surface area (Å²) in [5.41, 5.74) is 0.367. The predicted molar refractivity (Wildman–Crippen MR) is 138 cm³/mol. The van der Waals surface area contributed by atoms with Crippen molar-refractivity contribution in [3.63, 3.8) is 0 Å². The van der Waals surface area contributed by atoms with E-state index in [4.69, 9.17) is 0 Å². The third-order valence-electron chi connectivity index (χ3n) is 5.39. The summed E-state index contributed by atoms with van der Waals surface area (Å²) >= 11 is 1.22. The van der Waals surface area contributed by atoms with Crippen molar-refractivity contribution in [2.75, 3.05) is 4.90 Å². The molecule has 4 nitrogen and oxygen atoms in total. The van der Waals surface area contributed by atoms with Crippen LogP contribution >= 0.6 is 11.3 Å². The van der Waals surface area contributed by atoms with E-state index in [0.717, 1.165) is 22.6 Å². The minimum atomic E-state index is -4.63. The fourth-order valence-corrected chi connectivity index (χ4v) is 4.44. The number of halogens is 3. The zero-order valence-electron chi connectivity index (χ0n) is 19.4. The van der Waals surface area contributed by atoms with E-state index >= 15 is 0 Å². The molecule has 0 aliphatic rings. The minimum Gasteiger partial charge on any atom is -0.350 e. The molecule has 1 unspecified atom stereocenters. The van der Waals surface area contributed by atoms with Gasteiger partial charge in [-0.3, -0.25) is 14.5 Å². The van der Waals surface area contributed by atoms with E-state index in [2.05, 4.69) is 17.2 Å². The molecule has 3 aromatic carbocycles. The molecule has 1 N–H and O–H groups in total. The van der Waals surface area contributed by atoms with E-state index in [0.29, 0.717) is 10.4 Å².